The lowest BCUT2D eigenvalue weighted by molar-refractivity contribution is -0.140. The molecule has 1 saturated carbocycles. The maximum atomic E-state index is 11.1. The Bertz CT molecular complexity index is 238. The fourth-order valence-corrected chi connectivity index (χ4v) is 3.46. The van der Waals surface area contributed by atoms with E-state index in [1.54, 1.807) is 0 Å². The number of hydrogen-bond acceptors (Lipinski definition) is 2. The Labute approximate surface area is 97.8 Å². The molecule has 3 nitrogen and oxygen atoms in total. The zero-order valence-electron chi connectivity index (χ0n) is 10.1. The first kappa shape index (κ1) is 11.9. The number of hydrogen-bond donors (Lipinski definition) is 1. The molecule has 0 aromatic carbocycles. The minimum absolute atomic E-state index is 0.0101. The molecule has 0 radical (unpaired) electrons. The summed E-state index contributed by atoms with van der Waals surface area (Å²) >= 11 is 0. The Morgan fingerprint density at radius 1 is 1.00 bits per heavy atom. The molecular formula is C13H23NO2. The molecule has 0 amide bonds. The Hall–Kier alpha value is -0.570. The third kappa shape index (κ3) is 2.57. The maximum Gasteiger partial charge on any atom is 0.305 e. The van der Waals surface area contributed by atoms with E-state index >= 15 is 0 Å². The van der Waals surface area contributed by atoms with Crippen LogP contribution in [0.15, 0.2) is 0 Å². The van der Waals surface area contributed by atoms with Crippen molar-refractivity contribution in [2.45, 2.75) is 63.3 Å². The second-order valence-electron chi connectivity index (χ2n) is 5.40. The van der Waals surface area contributed by atoms with Crippen LogP contribution in [0.4, 0.5) is 0 Å². The normalized spacial score (nSPS) is 26.5. The number of carboxylic acids is 1. The van der Waals surface area contributed by atoms with E-state index in [4.69, 9.17) is 5.11 Å². The number of rotatable bonds is 3. The molecule has 3 heteroatoms. The number of carboxylic acid groups (broad SMARTS) is 1. The first-order chi connectivity index (χ1) is 7.73. The van der Waals surface area contributed by atoms with Crippen molar-refractivity contribution in [1.29, 1.82) is 0 Å². The minimum Gasteiger partial charge on any atom is -0.481 e. The fourth-order valence-electron chi connectivity index (χ4n) is 3.46. The minimum atomic E-state index is -0.619. The first-order valence-corrected chi connectivity index (χ1v) is 6.70. The van der Waals surface area contributed by atoms with E-state index in [1.165, 1.54) is 38.5 Å². The standard InChI is InChI=1S/C13H23NO2/c15-12(16)11-13(7-3-4-8-13)14-9-5-1-2-6-10-14/h1-11H2,(H,15,16). The van der Waals surface area contributed by atoms with Crippen LogP contribution in [0, 0.1) is 0 Å². The van der Waals surface area contributed by atoms with E-state index in [0.29, 0.717) is 6.42 Å². The fraction of sp³-hybridized carbons (Fsp3) is 0.923. The lowest BCUT2D eigenvalue weighted by atomic mass is 9.90. The van der Waals surface area contributed by atoms with Crippen molar-refractivity contribution < 1.29 is 9.90 Å². The number of nitrogens with zero attached hydrogens (tertiary/aromatic N) is 1. The predicted molar refractivity (Wildman–Crippen MR) is 63.5 cm³/mol. The van der Waals surface area contributed by atoms with Crippen molar-refractivity contribution in [3.63, 3.8) is 0 Å². The van der Waals surface area contributed by atoms with Gasteiger partial charge in [0.15, 0.2) is 0 Å². The summed E-state index contributed by atoms with van der Waals surface area (Å²) in [6.07, 6.45) is 10.1. The SMILES string of the molecule is O=C(O)CC1(N2CCCCCC2)CCCC1. The molecule has 0 atom stereocenters. The number of aliphatic carboxylic acids is 1. The highest BCUT2D eigenvalue weighted by Gasteiger charge is 2.41. The van der Waals surface area contributed by atoms with Gasteiger partial charge in [-0.3, -0.25) is 9.69 Å². The van der Waals surface area contributed by atoms with Gasteiger partial charge < -0.3 is 5.11 Å². The van der Waals surface area contributed by atoms with E-state index in [-0.39, 0.29) is 5.54 Å². The van der Waals surface area contributed by atoms with E-state index in [9.17, 15) is 4.79 Å². The van der Waals surface area contributed by atoms with Crippen molar-refractivity contribution >= 4 is 5.97 Å². The lowest BCUT2D eigenvalue weighted by Crippen LogP contribution is -2.48. The zero-order chi connectivity index (χ0) is 11.4. The summed E-state index contributed by atoms with van der Waals surface area (Å²) in [6, 6.07) is 0. The molecule has 1 aliphatic heterocycles. The molecule has 1 heterocycles. The quantitative estimate of drug-likeness (QED) is 0.802. The van der Waals surface area contributed by atoms with Crippen LogP contribution in [0.25, 0.3) is 0 Å². The van der Waals surface area contributed by atoms with Gasteiger partial charge in [-0.2, -0.15) is 0 Å². The van der Waals surface area contributed by atoms with Crippen LogP contribution in [0.1, 0.15) is 57.8 Å². The smallest absolute Gasteiger partial charge is 0.305 e. The molecule has 2 aliphatic rings. The second kappa shape index (κ2) is 5.17. The van der Waals surface area contributed by atoms with Gasteiger partial charge in [-0.1, -0.05) is 25.7 Å². The summed E-state index contributed by atoms with van der Waals surface area (Å²) in [4.78, 5) is 13.6. The van der Waals surface area contributed by atoms with Crippen molar-refractivity contribution in [3.8, 4) is 0 Å². The topological polar surface area (TPSA) is 40.5 Å². The van der Waals surface area contributed by atoms with E-state index in [1.807, 2.05) is 0 Å². The van der Waals surface area contributed by atoms with Crippen LogP contribution in [0.3, 0.4) is 0 Å². The zero-order valence-corrected chi connectivity index (χ0v) is 10.1. The van der Waals surface area contributed by atoms with Crippen LogP contribution in [-0.4, -0.2) is 34.6 Å². The molecule has 1 N–H and O–H groups in total. The molecule has 0 bridgehead atoms. The molecule has 0 spiro atoms. The van der Waals surface area contributed by atoms with Gasteiger partial charge in [-0.25, -0.2) is 0 Å². The molecule has 2 fully saturated rings. The van der Waals surface area contributed by atoms with Crippen LogP contribution >= 0.6 is 0 Å². The Balaban J connectivity index is 2.07. The summed E-state index contributed by atoms with van der Waals surface area (Å²) < 4.78 is 0. The summed E-state index contributed by atoms with van der Waals surface area (Å²) in [5.41, 5.74) is 0.0101. The summed E-state index contributed by atoms with van der Waals surface area (Å²) in [6.45, 7) is 2.24. The second-order valence-corrected chi connectivity index (χ2v) is 5.40. The average Bonchev–Trinajstić information content (AvgIpc) is 2.54. The monoisotopic (exact) mass is 225 g/mol. The molecule has 1 saturated heterocycles. The van der Waals surface area contributed by atoms with Gasteiger partial charge in [0.05, 0.1) is 6.42 Å². The number of carbonyl (C=O) groups is 1. The summed E-state index contributed by atoms with van der Waals surface area (Å²) in [5, 5.41) is 9.11. The summed E-state index contributed by atoms with van der Waals surface area (Å²) in [5.74, 6) is -0.619. The van der Waals surface area contributed by atoms with Gasteiger partial charge in [0.2, 0.25) is 0 Å². The van der Waals surface area contributed by atoms with Gasteiger partial charge in [0.25, 0.3) is 0 Å². The van der Waals surface area contributed by atoms with E-state index < -0.39 is 5.97 Å². The van der Waals surface area contributed by atoms with Gasteiger partial charge in [-0.05, 0) is 38.8 Å². The largest absolute Gasteiger partial charge is 0.481 e. The molecular weight excluding hydrogens is 202 g/mol. The van der Waals surface area contributed by atoms with Gasteiger partial charge in [0.1, 0.15) is 0 Å². The summed E-state index contributed by atoms with van der Waals surface area (Å²) in [7, 11) is 0. The molecule has 0 aromatic heterocycles. The van der Waals surface area contributed by atoms with Gasteiger partial charge in [0, 0.05) is 5.54 Å². The molecule has 0 unspecified atom stereocenters. The Morgan fingerprint density at radius 2 is 1.56 bits per heavy atom. The highest BCUT2D eigenvalue weighted by Crippen LogP contribution is 2.39. The Kier molecular flexibility index (Phi) is 3.85. The predicted octanol–water partition coefficient (Wildman–Crippen LogP) is 2.65. The van der Waals surface area contributed by atoms with E-state index in [2.05, 4.69) is 4.90 Å². The van der Waals surface area contributed by atoms with Crippen LogP contribution in [-0.2, 0) is 4.79 Å². The molecule has 92 valence electrons. The maximum absolute atomic E-state index is 11.1. The lowest BCUT2D eigenvalue weighted by Gasteiger charge is -2.40. The van der Waals surface area contributed by atoms with E-state index in [0.717, 1.165) is 25.9 Å². The van der Waals surface area contributed by atoms with Gasteiger partial charge in [-0.15, -0.1) is 0 Å². The molecule has 0 aromatic rings. The molecule has 16 heavy (non-hydrogen) atoms. The third-order valence-corrected chi connectivity index (χ3v) is 4.29. The van der Waals surface area contributed by atoms with Crippen molar-refractivity contribution in [2.24, 2.45) is 0 Å². The molecule has 1 aliphatic carbocycles. The molecule has 2 rings (SSSR count). The van der Waals surface area contributed by atoms with Crippen LogP contribution in [0.5, 0.6) is 0 Å². The average molecular weight is 225 g/mol. The number of likely N-dealkylation sites (tertiary alicyclic amines) is 1. The third-order valence-electron chi connectivity index (χ3n) is 4.29. The first-order valence-electron chi connectivity index (χ1n) is 6.70. The van der Waals surface area contributed by atoms with Gasteiger partial charge >= 0.3 is 5.97 Å². The van der Waals surface area contributed by atoms with Crippen molar-refractivity contribution in [1.82, 2.24) is 4.90 Å². The van der Waals surface area contributed by atoms with Crippen LogP contribution in [0.2, 0.25) is 0 Å². The highest BCUT2D eigenvalue weighted by atomic mass is 16.4. The van der Waals surface area contributed by atoms with Crippen molar-refractivity contribution in [2.75, 3.05) is 13.1 Å². The van der Waals surface area contributed by atoms with Crippen molar-refractivity contribution in [3.05, 3.63) is 0 Å². The van der Waals surface area contributed by atoms with Crippen LogP contribution < -0.4 is 0 Å². The highest BCUT2D eigenvalue weighted by molar-refractivity contribution is 5.68. The Morgan fingerprint density at radius 3 is 2.06 bits per heavy atom.